The number of amides is 1. The van der Waals surface area contributed by atoms with Crippen LogP contribution >= 0.6 is 23.1 Å². The Hall–Kier alpha value is -1.98. The Balaban J connectivity index is 1.39. The van der Waals surface area contributed by atoms with Gasteiger partial charge in [0.15, 0.2) is 6.61 Å². The summed E-state index contributed by atoms with van der Waals surface area (Å²) in [5.74, 6) is 2.56. The summed E-state index contributed by atoms with van der Waals surface area (Å²) in [6.45, 7) is 0.706. The van der Waals surface area contributed by atoms with E-state index >= 15 is 0 Å². The molecule has 0 aliphatic heterocycles. The minimum Gasteiger partial charge on any atom is -0.483 e. The molecule has 0 radical (unpaired) electrons. The van der Waals surface area contributed by atoms with Gasteiger partial charge in [-0.25, -0.2) is 0 Å². The zero-order valence-electron chi connectivity index (χ0n) is 13.2. The van der Waals surface area contributed by atoms with E-state index in [2.05, 4.69) is 22.8 Å². The van der Waals surface area contributed by atoms with Crippen LogP contribution in [0.2, 0.25) is 0 Å². The molecule has 3 nitrogen and oxygen atoms in total. The highest BCUT2D eigenvalue weighted by molar-refractivity contribution is 7.98. The molecule has 124 valence electrons. The third-order valence-electron chi connectivity index (χ3n) is 3.50. The van der Waals surface area contributed by atoms with Gasteiger partial charge in [-0.15, -0.1) is 11.3 Å². The maximum Gasteiger partial charge on any atom is 0.257 e. The number of carbonyl (C=O) groups is 1. The topological polar surface area (TPSA) is 38.3 Å². The van der Waals surface area contributed by atoms with Crippen molar-refractivity contribution in [2.24, 2.45) is 0 Å². The number of hydrogen-bond donors (Lipinski definition) is 1. The Morgan fingerprint density at radius 1 is 1.08 bits per heavy atom. The van der Waals surface area contributed by atoms with Crippen molar-refractivity contribution in [3.63, 3.8) is 0 Å². The molecule has 0 saturated carbocycles. The van der Waals surface area contributed by atoms with Crippen LogP contribution in [0.25, 0.3) is 10.8 Å². The zero-order valence-corrected chi connectivity index (χ0v) is 14.9. The van der Waals surface area contributed by atoms with Gasteiger partial charge < -0.3 is 10.1 Å². The number of ether oxygens (including phenoxy) is 1. The highest BCUT2D eigenvalue weighted by Gasteiger charge is 2.05. The third-order valence-corrected chi connectivity index (χ3v) is 5.57. The molecular weight excluding hydrogens is 338 g/mol. The molecule has 0 unspecified atom stereocenters. The fraction of sp³-hybridized carbons (Fsp3) is 0.211. The highest BCUT2D eigenvalue weighted by atomic mass is 32.2. The number of thiophene rings is 1. The number of rotatable bonds is 8. The molecule has 0 spiro atoms. The maximum atomic E-state index is 11.9. The van der Waals surface area contributed by atoms with Crippen molar-refractivity contribution in [3.05, 3.63) is 64.9 Å². The monoisotopic (exact) mass is 357 g/mol. The van der Waals surface area contributed by atoms with Crippen LogP contribution < -0.4 is 10.1 Å². The Kier molecular flexibility index (Phi) is 6.15. The first-order chi connectivity index (χ1) is 11.8. The van der Waals surface area contributed by atoms with Gasteiger partial charge in [0.1, 0.15) is 5.75 Å². The van der Waals surface area contributed by atoms with E-state index < -0.39 is 0 Å². The predicted octanol–water partition coefficient (Wildman–Crippen LogP) is 4.33. The summed E-state index contributed by atoms with van der Waals surface area (Å²) in [7, 11) is 0. The highest BCUT2D eigenvalue weighted by Crippen LogP contribution is 2.24. The Morgan fingerprint density at radius 2 is 1.96 bits per heavy atom. The van der Waals surface area contributed by atoms with Gasteiger partial charge in [-0.1, -0.05) is 42.5 Å². The number of nitrogens with one attached hydrogen (secondary N) is 1. The third kappa shape index (κ3) is 4.76. The Morgan fingerprint density at radius 3 is 2.83 bits per heavy atom. The molecule has 1 amide bonds. The minimum absolute atomic E-state index is 0.0452. The van der Waals surface area contributed by atoms with Gasteiger partial charge in [0, 0.05) is 28.3 Å². The van der Waals surface area contributed by atoms with Gasteiger partial charge in [0.05, 0.1) is 0 Å². The molecule has 0 bridgehead atoms. The van der Waals surface area contributed by atoms with Gasteiger partial charge >= 0.3 is 0 Å². The smallest absolute Gasteiger partial charge is 0.257 e. The molecular formula is C19H19NO2S2. The van der Waals surface area contributed by atoms with Gasteiger partial charge in [-0.2, -0.15) is 11.8 Å². The van der Waals surface area contributed by atoms with Crippen LogP contribution in [0.3, 0.4) is 0 Å². The largest absolute Gasteiger partial charge is 0.483 e. The molecule has 3 aromatic rings. The molecule has 5 heteroatoms. The summed E-state index contributed by atoms with van der Waals surface area (Å²) < 4.78 is 5.68. The van der Waals surface area contributed by atoms with E-state index in [1.807, 2.05) is 54.2 Å². The quantitative estimate of drug-likeness (QED) is 0.610. The van der Waals surface area contributed by atoms with Crippen molar-refractivity contribution in [2.75, 3.05) is 18.9 Å². The van der Waals surface area contributed by atoms with Crippen LogP contribution in [0.5, 0.6) is 5.75 Å². The summed E-state index contributed by atoms with van der Waals surface area (Å²) in [6, 6.07) is 18.1. The number of thioether (sulfide) groups is 1. The lowest BCUT2D eigenvalue weighted by Gasteiger charge is -2.09. The van der Waals surface area contributed by atoms with E-state index in [0.29, 0.717) is 6.54 Å². The zero-order chi connectivity index (χ0) is 16.6. The lowest BCUT2D eigenvalue weighted by molar-refractivity contribution is -0.122. The van der Waals surface area contributed by atoms with E-state index in [4.69, 9.17) is 4.74 Å². The molecule has 1 aromatic heterocycles. The molecule has 0 aliphatic rings. The molecule has 1 heterocycles. The van der Waals surface area contributed by atoms with Crippen LogP contribution in [0.4, 0.5) is 0 Å². The molecule has 0 saturated heterocycles. The second-order valence-electron chi connectivity index (χ2n) is 5.25. The summed E-state index contributed by atoms with van der Waals surface area (Å²) in [6.07, 6.45) is 0. The van der Waals surface area contributed by atoms with E-state index in [1.54, 1.807) is 11.3 Å². The maximum absolute atomic E-state index is 11.9. The molecule has 3 rings (SSSR count). The van der Waals surface area contributed by atoms with Gasteiger partial charge in [0.25, 0.3) is 5.91 Å². The first-order valence-corrected chi connectivity index (χ1v) is 9.84. The van der Waals surface area contributed by atoms with Crippen LogP contribution in [0.15, 0.2) is 60.0 Å². The summed E-state index contributed by atoms with van der Waals surface area (Å²) in [4.78, 5) is 13.3. The van der Waals surface area contributed by atoms with E-state index in [9.17, 15) is 4.79 Å². The Labute approximate surface area is 150 Å². The molecule has 2 aromatic carbocycles. The fourth-order valence-electron chi connectivity index (χ4n) is 2.35. The van der Waals surface area contributed by atoms with Crippen LogP contribution in [0, 0.1) is 0 Å². The molecule has 0 aliphatic carbocycles. The van der Waals surface area contributed by atoms with Crippen molar-refractivity contribution >= 4 is 39.8 Å². The van der Waals surface area contributed by atoms with Crippen molar-refractivity contribution in [2.45, 2.75) is 5.75 Å². The van der Waals surface area contributed by atoms with Crippen molar-refractivity contribution in [1.82, 2.24) is 5.32 Å². The number of carbonyl (C=O) groups excluding carboxylic acids is 1. The van der Waals surface area contributed by atoms with Crippen LogP contribution in [0.1, 0.15) is 4.88 Å². The van der Waals surface area contributed by atoms with Gasteiger partial charge in [-0.3, -0.25) is 4.79 Å². The lowest BCUT2D eigenvalue weighted by Crippen LogP contribution is -2.30. The standard InChI is InChI=1S/C19H19NO2S2/c21-19(20-10-12-23-14-16-7-4-11-24-16)13-22-18-9-3-6-15-5-1-2-8-17(15)18/h1-9,11H,10,12-14H2,(H,20,21). The van der Waals surface area contributed by atoms with E-state index in [-0.39, 0.29) is 12.5 Å². The Bertz CT molecular complexity index is 782. The van der Waals surface area contributed by atoms with Crippen molar-refractivity contribution < 1.29 is 9.53 Å². The first kappa shape index (κ1) is 16.9. The number of fused-ring (bicyclic) bond motifs is 1. The minimum atomic E-state index is -0.0837. The average Bonchev–Trinajstić information content (AvgIpc) is 3.13. The molecule has 0 fully saturated rings. The summed E-state index contributed by atoms with van der Waals surface area (Å²) in [5.41, 5.74) is 0. The predicted molar refractivity (Wildman–Crippen MR) is 103 cm³/mol. The number of benzene rings is 2. The normalized spacial score (nSPS) is 10.7. The van der Waals surface area contributed by atoms with E-state index in [0.717, 1.165) is 28.0 Å². The van der Waals surface area contributed by atoms with E-state index in [1.165, 1.54) is 4.88 Å². The van der Waals surface area contributed by atoms with Gasteiger partial charge in [0.2, 0.25) is 0 Å². The average molecular weight is 358 g/mol. The van der Waals surface area contributed by atoms with Crippen LogP contribution in [-0.2, 0) is 10.5 Å². The second-order valence-corrected chi connectivity index (χ2v) is 7.39. The van der Waals surface area contributed by atoms with Crippen molar-refractivity contribution in [3.8, 4) is 5.75 Å². The number of hydrogen-bond acceptors (Lipinski definition) is 4. The SMILES string of the molecule is O=C(COc1cccc2ccccc12)NCCSCc1cccs1. The molecule has 1 N–H and O–H groups in total. The molecule has 0 atom stereocenters. The first-order valence-electron chi connectivity index (χ1n) is 7.80. The van der Waals surface area contributed by atoms with Gasteiger partial charge in [-0.05, 0) is 22.9 Å². The molecule has 24 heavy (non-hydrogen) atoms. The summed E-state index contributed by atoms with van der Waals surface area (Å²) in [5, 5.41) is 7.12. The summed E-state index contributed by atoms with van der Waals surface area (Å²) >= 11 is 3.59. The fourth-order valence-corrected chi connectivity index (χ4v) is 4.05. The van der Waals surface area contributed by atoms with Crippen LogP contribution in [-0.4, -0.2) is 24.8 Å². The lowest BCUT2D eigenvalue weighted by atomic mass is 10.1. The second kappa shape index (κ2) is 8.76. The van der Waals surface area contributed by atoms with Crippen molar-refractivity contribution in [1.29, 1.82) is 0 Å².